The maximum absolute atomic E-state index is 6.05. The molecule has 2 N–H and O–H groups in total. The van der Waals surface area contributed by atoms with Crippen molar-refractivity contribution < 1.29 is 4.42 Å². The Kier molecular flexibility index (Phi) is 9.81. The van der Waals surface area contributed by atoms with Gasteiger partial charge in [-0.25, -0.2) is 9.98 Å². The third kappa shape index (κ3) is 7.15. The highest BCUT2D eigenvalue weighted by molar-refractivity contribution is 14.0. The minimum absolute atomic E-state index is 0. The van der Waals surface area contributed by atoms with E-state index in [2.05, 4.69) is 36.5 Å². The SMILES string of the molecule is CCNC(=NCc1nc(C)c(C)o1)NCCc1cc(Cl)ccc1Br.I. The molecule has 138 valence electrons. The predicted molar refractivity (Wildman–Crippen MR) is 117 cm³/mol. The van der Waals surface area contributed by atoms with Crippen LogP contribution in [0.25, 0.3) is 0 Å². The Balaban J connectivity index is 0.00000312. The number of benzene rings is 1. The van der Waals surface area contributed by atoms with E-state index in [4.69, 9.17) is 16.0 Å². The van der Waals surface area contributed by atoms with Gasteiger partial charge in [0.1, 0.15) is 12.3 Å². The van der Waals surface area contributed by atoms with Gasteiger partial charge < -0.3 is 15.1 Å². The second-order valence-corrected chi connectivity index (χ2v) is 6.65. The van der Waals surface area contributed by atoms with E-state index < -0.39 is 0 Å². The van der Waals surface area contributed by atoms with Crippen LogP contribution in [0.4, 0.5) is 0 Å². The fourth-order valence-electron chi connectivity index (χ4n) is 2.15. The van der Waals surface area contributed by atoms with E-state index in [0.717, 1.165) is 52.0 Å². The third-order valence-corrected chi connectivity index (χ3v) is 4.49. The maximum atomic E-state index is 6.05. The van der Waals surface area contributed by atoms with Crippen LogP contribution in [-0.4, -0.2) is 24.0 Å². The molecular weight excluding hydrogens is 518 g/mol. The van der Waals surface area contributed by atoms with Crippen LogP contribution in [0.5, 0.6) is 0 Å². The van der Waals surface area contributed by atoms with Gasteiger partial charge in [-0.3, -0.25) is 0 Å². The first-order valence-corrected chi connectivity index (χ1v) is 9.05. The molecule has 0 aliphatic rings. The Morgan fingerprint density at radius 3 is 2.72 bits per heavy atom. The highest BCUT2D eigenvalue weighted by Gasteiger charge is 2.06. The number of aryl methyl sites for hydroxylation is 2. The van der Waals surface area contributed by atoms with Crippen LogP contribution in [0.15, 0.2) is 32.1 Å². The van der Waals surface area contributed by atoms with Crippen LogP contribution in [0, 0.1) is 13.8 Å². The molecule has 1 aromatic carbocycles. The molecule has 1 aromatic heterocycles. The predicted octanol–water partition coefficient (Wildman–Crippen LogP) is 4.62. The normalized spacial score (nSPS) is 11.2. The van der Waals surface area contributed by atoms with Gasteiger partial charge in [0, 0.05) is 22.6 Å². The van der Waals surface area contributed by atoms with Gasteiger partial charge in [0.25, 0.3) is 0 Å². The topological polar surface area (TPSA) is 62.5 Å². The molecule has 5 nitrogen and oxygen atoms in total. The van der Waals surface area contributed by atoms with Crippen LogP contribution in [0.2, 0.25) is 5.02 Å². The van der Waals surface area contributed by atoms with Gasteiger partial charge in [-0.2, -0.15) is 0 Å². The van der Waals surface area contributed by atoms with E-state index in [0.29, 0.717) is 12.4 Å². The fraction of sp³-hybridized carbons (Fsp3) is 0.412. The second kappa shape index (κ2) is 11.0. The standard InChI is InChI=1S/C17H22BrClN4O.HI/c1-4-20-17(22-10-16-23-11(2)12(3)24-16)21-8-7-13-9-14(19)5-6-15(13)18;/h5-6,9H,4,7-8,10H2,1-3H3,(H2,20,21,22);1H. The summed E-state index contributed by atoms with van der Waals surface area (Å²) in [5, 5.41) is 7.27. The van der Waals surface area contributed by atoms with Crippen molar-refractivity contribution in [2.24, 2.45) is 4.99 Å². The molecule has 0 aliphatic carbocycles. The first kappa shape index (κ1) is 22.2. The van der Waals surface area contributed by atoms with E-state index in [9.17, 15) is 0 Å². The smallest absolute Gasteiger partial charge is 0.216 e. The summed E-state index contributed by atoms with van der Waals surface area (Å²) < 4.78 is 6.61. The summed E-state index contributed by atoms with van der Waals surface area (Å²) >= 11 is 9.59. The van der Waals surface area contributed by atoms with Crippen molar-refractivity contribution in [3.63, 3.8) is 0 Å². The minimum atomic E-state index is 0. The lowest BCUT2D eigenvalue weighted by Crippen LogP contribution is -2.38. The van der Waals surface area contributed by atoms with E-state index in [1.165, 1.54) is 0 Å². The molecule has 0 radical (unpaired) electrons. The van der Waals surface area contributed by atoms with Gasteiger partial charge in [-0.1, -0.05) is 27.5 Å². The van der Waals surface area contributed by atoms with Crippen molar-refractivity contribution in [1.82, 2.24) is 15.6 Å². The number of guanidine groups is 1. The number of nitrogens with zero attached hydrogens (tertiary/aromatic N) is 2. The number of aliphatic imine (C=N–C) groups is 1. The van der Waals surface area contributed by atoms with Crippen molar-refractivity contribution in [3.05, 3.63) is 50.6 Å². The first-order chi connectivity index (χ1) is 11.5. The molecule has 8 heteroatoms. The second-order valence-electron chi connectivity index (χ2n) is 5.36. The van der Waals surface area contributed by atoms with Crippen LogP contribution >= 0.6 is 51.5 Å². The zero-order valence-electron chi connectivity index (χ0n) is 14.5. The average molecular weight is 542 g/mol. The summed E-state index contributed by atoms with van der Waals surface area (Å²) in [6.45, 7) is 7.81. The van der Waals surface area contributed by atoms with Crippen LogP contribution < -0.4 is 10.6 Å². The number of rotatable bonds is 6. The molecule has 0 unspecified atom stereocenters. The quantitative estimate of drug-likeness (QED) is 0.318. The van der Waals surface area contributed by atoms with E-state index in [1.807, 2.05) is 39.0 Å². The molecule has 0 saturated heterocycles. The summed E-state index contributed by atoms with van der Waals surface area (Å²) in [6.07, 6.45) is 0.836. The monoisotopic (exact) mass is 540 g/mol. The molecule has 0 aliphatic heterocycles. The summed E-state index contributed by atoms with van der Waals surface area (Å²) in [5.74, 6) is 2.20. The van der Waals surface area contributed by atoms with Crippen LogP contribution in [0.3, 0.4) is 0 Å². The summed E-state index contributed by atoms with van der Waals surface area (Å²) in [5.41, 5.74) is 2.06. The van der Waals surface area contributed by atoms with Gasteiger partial charge in [0.2, 0.25) is 5.89 Å². The summed E-state index contributed by atoms with van der Waals surface area (Å²) in [7, 11) is 0. The molecule has 1 heterocycles. The molecule has 0 bridgehead atoms. The molecule has 2 aromatic rings. The zero-order valence-corrected chi connectivity index (χ0v) is 19.2. The largest absolute Gasteiger partial charge is 0.444 e. The fourth-order valence-corrected chi connectivity index (χ4v) is 2.79. The number of hydrogen-bond donors (Lipinski definition) is 2. The number of oxazole rings is 1. The lowest BCUT2D eigenvalue weighted by Gasteiger charge is -2.11. The third-order valence-electron chi connectivity index (χ3n) is 3.48. The van der Waals surface area contributed by atoms with Crippen LogP contribution in [-0.2, 0) is 13.0 Å². The molecule has 0 amide bonds. The molecule has 0 fully saturated rings. The molecule has 25 heavy (non-hydrogen) atoms. The van der Waals surface area contributed by atoms with E-state index in [-0.39, 0.29) is 24.0 Å². The van der Waals surface area contributed by atoms with Crippen molar-refractivity contribution >= 4 is 57.5 Å². The molecular formula is C17H23BrClIN4O. The summed E-state index contributed by atoms with van der Waals surface area (Å²) in [6, 6.07) is 5.80. The molecule has 0 saturated carbocycles. The Bertz CT molecular complexity index is 701. The van der Waals surface area contributed by atoms with Crippen molar-refractivity contribution in [2.45, 2.75) is 33.7 Å². The Labute approximate surface area is 179 Å². The van der Waals surface area contributed by atoms with Gasteiger partial charge in [-0.15, -0.1) is 24.0 Å². The molecule has 0 spiro atoms. The minimum Gasteiger partial charge on any atom is -0.444 e. The lowest BCUT2D eigenvalue weighted by molar-refractivity contribution is 0.473. The number of nitrogens with one attached hydrogen (secondary N) is 2. The first-order valence-electron chi connectivity index (χ1n) is 7.88. The number of halogens is 3. The Morgan fingerprint density at radius 2 is 2.08 bits per heavy atom. The lowest BCUT2D eigenvalue weighted by atomic mass is 10.1. The summed E-state index contributed by atoms with van der Waals surface area (Å²) in [4.78, 5) is 8.85. The molecule has 0 atom stereocenters. The van der Waals surface area contributed by atoms with Crippen molar-refractivity contribution in [2.75, 3.05) is 13.1 Å². The van der Waals surface area contributed by atoms with Gasteiger partial charge >= 0.3 is 0 Å². The van der Waals surface area contributed by atoms with Gasteiger partial charge in [0.15, 0.2) is 5.96 Å². The highest BCUT2D eigenvalue weighted by Crippen LogP contribution is 2.21. The average Bonchev–Trinajstić information content (AvgIpc) is 2.86. The van der Waals surface area contributed by atoms with Crippen LogP contribution in [0.1, 0.15) is 29.8 Å². The highest BCUT2D eigenvalue weighted by atomic mass is 127. The maximum Gasteiger partial charge on any atom is 0.216 e. The zero-order chi connectivity index (χ0) is 17.5. The van der Waals surface area contributed by atoms with Crippen molar-refractivity contribution in [3.8, 4) is 0 Å². The number of hydrogen-bond acceptors (Lipinski definition) is 3. The number of aromatic nitrogens is 1. The van der Waals surface area contributed by atoms with E-state index >= 15 is 0 Å². The van der Waals surface area contributed by atoms with Gasteiger partial charge in [-0.05, 0) is 51.0 Å². The van der Waals surface area contributed by atoms with E-state index in [1.54, 1.807) is 0 Å². The van der Waals surface area contributed by atoms with Crippen molar-refractivity contribution in [1.29, 1.82) is 0 Å². The van der Waals surface area contributed by atoms with Gasteiger partial charge in [0.05, 0.1) is 5.69 Å². The Hall–Kier alpha value is -0.800. The molecule has 2 rings (SSSR count). The Morgan fingerprint density at radius 1 is 1.32 bits per heavy atom.